The number of aliphatic hydroxyl groups excluding tert-OH is 1. The predicted octanol–water partition coefficient (Wildman–Crippen LogP) is 4.55. The van der Waals surface area contributed by atoms with Gasteiger partial charge in [0.15, 0.2) is 0 Å². The molecule has 0 fully saturated rings. The molecule has 4 heteroatoms. The lowest BCUT2D eigenvalue weighted by molar-refractivity contribution is 0.246. The summed E-state index contributed by atoms with van der Waals surface area (Å²) < 4.78 is 0.998. The van der Waals surface area contributed by atoms with Crippen molar-refractivity contribution in [2.24, 2.45) is 5.92 Å². The smallest absolute Gasteiger partial charge is 0.0464 e. The first-order valence-corrected chi connectivity index (χ1v) is 8.04. The van der Waals surface area contributed by atoms with Gasteiger partial charge in [0.25, 0.3) is 0 Å². The molecule has 0 aliphatic carbocycles. The highest BCUT2D eigenvalue weighted by molar-refractivity contribution is 9.10. The molecule has 2 atom stereocenters. The minimum Gasteiger partial charge on any atom is -0.396 e. The third-order valence-corrected chi connectivity index (χ3v) is 4.20. The number of rotatable bonds is 8. The van der Waals surface area contributed by atoms with Gasteiger partial charge in [-0.25, -0.2) is 0 Å². The molecule has 0 saturated heterocycles. The molecule has 1 aromatic rings. The van der Waals surface area contributed by atoms with Crippen LogP contribution < -0.4 is 5.32 Å². The first-order chi connectivity index (χ1) is 9.08. The lowest BCUT2D eigenvalue weighted by atomic mass is 9.99. The molecule has 1 aromatic carbocycles. The number of nitrogens with one attached hydrogen (secondary N) is 1. The number of hydrogen-bond acceptors (Lipinski definition) is 2. The normalized spacial score (nSPS) is 14.4. The van der Waals surface area contributed by atoms with E-state index >= 15 is 0 Å². The van der Waals surface area contributed by atoms with Gasteiger partial charge < -0.3 is 10.4 Å². The molecule has 0 amide bonds. The number of aliphatic hydroxyl groups is 1. The molecule has 0 heterocycles. The summed E-state index contributed by atoms with van der Waals surface area (Å²) in [4.78, 5) is 0. The van der Waals surface area contributed by atoms with Crippen LogP contribution in [0.2, 0.25) is 5.02 Å². The summed E-state index contributed by atoms with van der Waals surface area (Å²) >= 11 is 9.67. The maximum absolute atomic E-state index is 9.07. The lowest BCUT2D eigenvalue weighted by Crippen LogP contribution is -2.26. The van der Waals surface area contributed by atoms with Crippen molar-refractivity contribution in [2.45, 2.75) is 39.2 Å². The van der Waals surface area contributed by atoms with Gasteiger partial charge in [-0.15, -0.1) is 0 Å². The van der Waals surface area contributed by atoms with E-state index in [9.17, 15) is 0 Å². The highest BCUT2D eigenvalue weighted by atomic mass is 79.9. The van der Waals surface area contributed by atoms with Gasteiger partial charge in [0, 0.05) is 22.1 Å². The third-order valence-electron chi connectivity index (χ3n) is 3.38. The molecule has 1 rings (SSSR count). The molecular formula is C15H23BrClNO. The van der Waals surface area contributed by atoms with Gasteiger partial charge in [-0.05, 0) is 49.9 Å². The highest BCUT2D eigenvalue weighted by Crippen LogP contribution is 2.26. The molecular weight excluding hydrogens is 326 g/mol. The molecule has 0 radical (unpaired) electrons. The molecule has 0 aliphatic rings. The maximum atomic E-state index is 9.07. The van der Waals surface area contributed by atoms with Crippen LogP contribution in [0, 0.1) is 5.92 Å². The third kappa shape index (κ3) is 5.82. The first kappa shape index (κ1) is 17.0. The molecule has 0 bridgehead atoms. The maximum Gasteiger partial charge on any atom is 0.0464 e. The van der Waals surface area contributed by atoms with Gasteiger partial charge in [-0.2, -0.15) is 0 Å². The number of hydrogen-bond donors (Lipinski definition) is 2. The molecule has 108 valence electrons. The quantitative estimate of drug-likeness (QED) is 0.722. The number of halogens is 2. The molecule has 0 aliphatic heterocycles. The summed E-state index contributed by atoms with van der Waals surface area (Å²) in [6, 6.07) is 6.20. The Bertz CT molecular complexity index is 380. The fourth-order valence-electron chi connectivity index (χ4n) is 2.25. The van der Waals surface area contributed by atoms with Crippen molar-refractivity contribution in [3.63, 3.8) is 0 Å². The predicted molar refractivity (Wildman–Crippen MR) is 85.7 cm³/mol. The Labute approximate surface area is 129 Å². The van der Waals surface area contributed by atoms with Crippen molar-refractivity contribution in [3.8, 4) is 0 Å². The highest BCUT2D eigenvalue weighted by Gasteiger charge is 2.12. The van der Waals surface area contributed by atoms with Gasteiger partial charge in [0.1, 0.15) is 0 Å². The van der Waals surface area contributed by atoms with Crippen LogP contribution in [-0.4, -0.2) is 18.3 Å². The van der Waals surface area contributed by atoms with Crippen molar-refractivity contribution in [1.82, 2.24) is 5.32 Å². The van der Waals surface area contributed by atoms with Crippen molar-refractivity contribution in [1.29, 1.82) is 0 Å². The van der Waals surface area contributed by atoms with Crippen LogP contribution in [0.4, 0.5) is 0 Å². The summed E-state index contributed by atoms with van der Waals surface area (Å²) in [5.41, 5.74) is 1.11. The van der Waals surface area contributed by atoms with E-state index in [-0.39, 0.29) is 12.6 Å². The summed E-state index contributed by atoms with van der Waals surface area (Å²) in [5, 5.41) is 13.4. The zero-order valence-electron chi connectivity index (χ0n) is 11.6. The van der Waals surface area contributed by atoms with Gasteiger partial charge in [0.2, 0.25) is 0 Å². The SMILES string of the molecule is CCCC(CCO)CNC(C)c1ccc(Br)cc1Cl. The molecule has 2 nitrogen and oxygen atoms in total. The Kier molecular flexibility index (Phi) is 8.00. The van der Waals surface area contributed by atoms with Crippen LogP contribution in [0.25, 0.3) is 0 Å². The van der Waals surface area contributed by atoms with Crippen molar-refractivity contribution in [3.05, 3.63) is 33.3 Å². The second-order valence-electron chi connectivity index (χ2n) is 4.96. The minimum absolute atomic E-state index is 0.221. The summed E-state index contributed by atoms with van der Waals surface area (Å²) in [6.45, 7) is 5.48. The first-order valence-electron chi connectivity index (χ1n) is 6.87. The largest absolute Gasteiger partial charge is 0.396 e. The number of benzene rings is 1. The van der Waals surface area contributed by atoms with Gasteiger partial charge in [0.05, 0.1) is 0 Å². The monoisotopic (exact) mass is 347 g/mol. The zero-order chi connectivity index (χ0) is 14.3. The standard InChI is InChI=1S/C15H23BrClNO/c1-3-4-12(7-8-19)10-18-11(2)14-6-5-13(16)9-15(14)17/h5-6,9,11-12,18-19H,3-4,7-8,10H2,1-2H3. The fourth-order valence-corrected chi connectivity index (χ4v) is 3.08. The molecule has 2 N–H and O–H groups in total. The van der Waals surface area contributed by atoms with E-state index in [0.717, 1.165) is 40.9 Å². The van der Waals surface area contributed by atoms with Crippen LogP contribution in [0.1, 0.15) is 44.7 Å². The topological polar surface area (TPSA) is 32.3 Å². The van der Waals surface area contributed by atoms with Crippen LogP contribution in [0.5, 0.6) is 0 Å². The van der Waals surface area contributed by atoms with Crippen LogP contribution in [0.15, 0.2) is 22.7 Å². The molecule has 0 aromatic heterocycles. The molecule has 0 saturated carbocycles. The van der Waals surface area contributed by atoms with Crippen LogP contribution >= 0.6 is 27.5 Å². The van der Waals surface area contributed by atoms with E-state index < -0.39 is 0 Å². The average Bonchev–Trinajstić information content (AvgIpc) is 2.36. The van der Waals surface area contributed by atoms with Crippen LogP contribution in [0.3, 0.4) is 0 Å². The van der Waals surface area contributed by atoms with Crippen molar-refractivity contribution in [2.75, 3.05) is 13.2 Å². The Hall–Kier alpha value is -0.0900. The van der Waals surface area contributed by atoms with Crippen molar-refractivity contribution < 1.29 is 5.11 Å². The lowest BCUT2D eigenvalue weighted by Gasteiger charge is -2.21. The Morgan fingerprint density at radius 2 is 2.11 bits per heavy atom. The molecule has 0 spiro atoms. The van der Waals surface area contributed by atoms with Gasteiger partial charge in [-0.3, -0.25) is 0 Å². The zero-order valence-corrected chi connectivity index (χ0v) is 14.0. The van der Waals surface area contributed by atoms with Crippen molar-refractivity contribution >= 4 is 27.5 Å². The Morgan fingerprint density at radius 1 is 1.37 bits per heavy atom. The van der Waals surface area contributed by atoms with Gasteiger partial charge in [-0.1, -0.05) is 46.9 Å². The van der Waals surface area contributed by atoms with E-state index in [1.165, 1.54) is 0 Å². The second-order valence-corrected chi connectivity index (χ2v) is 6.29. The van der Waals surface area contributed by atoms with E-state index in [1.54, 1.807) is 0 Å². The summed E-state index contributed by atoms with van der Waals surface area (Å²) in [7, 11) is 0. The van der Waals surface area contributed by atoms with E-state index in [2.05, 4.69) is 35.1 Å². The van der Waals surface area contributed by atoms with E-state index in [0.29, 0.717) is 5.92 Å². The fraction of sp³-hybridized carbons (Fsp3) is 0.600. The van der Waals surface area contributed by atoms with E-state index in [1.807, 2.05) is 18.2 Å². The summed E-state index contributed by atoms with van der Waals surface area (Å²) in [6.07, 6.45) is 3.16. The van der Waals surface area contributed by atoms with Crippen LogP contribution in [-0.2, 0) is 0 Å². The minimum atomic E-state index is 0.221. The van der Waals surface area contributed by atoms with Gasteiger partial charge >= 0.3 is 0 Å². The molecule has 19 heavy (non-hydrogen) atoms. The Morgan fingerprint density at radius 3 is 2.68 bits per heavy atom. The Balaban J connectivity index is 2.55. The summed E-state index contributed by atoms with van der Waals surface area (Å²) in [5.74, 6) is 0.534. The average molecular weight is 349 g/mol. The second kappa shape index (κ2) is 8.96. The van der Waals surface area contributed by atoms with E-state index in [4.69, 9.17) is 16.7 Å². The molecule has 2 unspecified atom stereocenters.